The van der Waals surface area contributed by atoms with Crippen LogP contribution in [0.3, 0.4) is 0 Å². The first-order valence-electron chi connectivity index (χ1n) is 6.55. The van der Waals surface area contributed by atoms with E-state index < -0.39 is 0 Å². The van der Waals surface area contributed by atoms with Crippen molar-refractivity contribution in [3.8, 4) is 0 Å². The van der Waals surface area contributed by atoms with E-state index >= 15 is 0 Å². The van der Waals surface area contributed by atoms with Gasteiger partial charge in [-0.3, -0.25) is 9.59 Å². The van der Waals surface area contributed by atoms with E-state index in [0.717, 1.165) is 23.5 Å². The number of hydrogen-bond donors (Lipinski definition) is 0. The molecule has 2 aliphatic heterocycles. The van der Waals surface area contributed by atoms with Gasteiger partial charge in [0.15, 0.2) is 0 Å². The van der Waals surface area contributed by atoms with Crippen molar-refractivity contribution in [1.29, 1.82) is 0 Å². The first-order valence-corrected chi connectivity index (χ1v) is 9.70. The van der Waals surface area contributed by atoms with Crippen LogP contribution in [0.1, 0.15) is 20.7 Å². The average Bonchev–Trinajstić information content (AvgIpc) is 3.06. The van der Waals surface area contributed by atoms with Crippen molar-refractivity contribution in [2.75, 3.05) is 0 Å². The molecule has 0 aromatic heterocycles. The lowest BCUT2D eigenvalue weighted by molar-refractivity contribution is 0.101. The molecule has 2 aliphatic rings. The van der Waals surface area contributed by atoms with Crippen molar-refractivity contribution in [3.05, 3.63) is 65.3 Å². The smallest absolute Gasteiger partial charge is 0.202 e. The molecule has 24 heavy (non-hydrogen) atoms. The summed E-state index contributed by atoms with van der Waals surface area (Å²) < 4.78 is 0. The Morgan fingerprint density at radius 1 is 0.625 bits per heavy atom. The molecule has 0 saturated heterocycles. The van der Waals surface area contributed by atoms with E-state index in [9.17, 15) is 9.59 Å². The molecule has 0 spiro atoms. The molecule has 0 radical (unpaired) electrons. The largest absolute Gasteiger partial charge is 0.288 e. The van der Waals surface area contributed by atoms with E-state index in [1.807, 2.05) is 0 Å². The summed E-state index contributed by atoms with van der Waals surface area (Å²) in [6.07, 6.45) is 0. The Morgan fingerprint density at radius 3 is 1.38 bits per heavy atom. The lowest BCUT2D eigenvalue weighted by atomic mass is 10.1. The Kier molecular flexibility index (Phi) is 4.19. The number of benzene rings is 2. The van der Waals surface area contributed by atoms with E-state index in [0.29, 0.717) is 50.8 Å². The van der Waals surface area contributed by atoms with Gasteiger partial charge in [-0.1, -0.05) is 69.9 Å². The molecule has 2 aromatic rings. The predicted octanol–water partition coefficient (Wildman–Crippen LogP) is 6.79. The van der Waals surface area contributed by atoms with Crippen molar-refractivity contribution in [3.63, 3.8) is 0 Å². The highest BCUT2D eigenvalue weighted by Crippen LogP contribution is 2.54. The second-order valence-electron chi connectivity index (χ2n) is 5.00. The summed E-state index contributed by atoms with van der Waals surface area (Å²) in [5.41, 5.74) is 0.899. The van der Waals surface area contributed by atoms with Crippen LogP contribution in [0.4, 0.5) is 0 Å². The predicted molar refractivity (Wildman–Crippen MR) is 100 cm³/mol. The van der Waals surface area contributed by atoms with Gasteiger partial charge in [0, 0.05) is 20.9 Å². The molecule has 2 heterocycles. The van der Waals surface area contributed by atoms with Crippen LogP contribution in [0, 0.1) is 0 Å². The lowest BCUT2D eigenvalue weighted by Gasteiger charge is -2.01. The summed E-state index contributed by atoms with van der Waals surface area (Å²) in [5.74, 6) is -0.473. The minimum atomic E-state index is -0.237. The number of rotatable bonds is 0. The minimum Gasteiger partial charge on any atom is -0.288 e. The molecule has 0 unspecified atom stereocenters. The molecule has 2 aromatic carbocycles. The Bertz CT molecular complexity index is 919. The van der Waals surface area contributed by atoms with Gasteiger partial charge in [0.25, 0.3) is 0 Å². The minimum absolute atomic E-state index is 0.237. The maximum absolute atomic E-state index is 12.7. The number of Topliss-reactive ketones (excluding diaryl/α,β-unsaturated/α-hetero) is 2. The molecular weight excluding hydrogens is 430 g/mol. The van der Waals surface area contributed by atoms with Crippen molar-refractivity contribution >= 4 is 81.5 Å². The van der Waals surface area contributed by atoms with Crippen molar-refractivity contribution in [2.45, 2.75) is 9.79 Å². The first-order chi connectivity index (χ1) is 11.4. The number of carbonyl (C=O) groups excluding carboxylic acids is 2. The van der Waals surface area contributed by atoms with Gasteiger partial charge in [0.05, 0.1) is 29.9 Å². The van der Waals surface area contributed by atoms with Gasteiger partial charge in [-0.25, -0.2) is 0 Å². The zero-order valence-corrected chi connectivity index (χ0v) is 16.1. The normalized spacial score (nSPS) is 19.0. The van der Waals surface area contributed by atoms with Crippen LogP contribution in [0.15, 0.2) is 43.9 Å². The number of fused-ring (bicyclic) bond motifs is 2. The number of halogens is 4. The van der Waals surface area contributed by atoms with Crippen molar-refractivity contribution < 1.29 is 9.59 Å². The highest BCUT2D eigenvalue weighted by atomic mass is 35.5. The van der Waals surface area contributed by atoms with Crippen LogP contribution in [-0.4, -0.2) is 11.6 Å². The number of hydrogen-bond acceptors (Lipinski definition) is 4. The second kappa shape index (κ2) is 5.97. The topological polar surface area (TPSA) is 34.1 Å². The number of allylic oxidation sites excluding steroid dienone is 2. The fraction of sp³-hybridized carbons (Fsp3) is 0. The van der Waals surface area contributed by atoms with E-state index in [-0.39, 0.29) is 11.6 Å². The Hall–Kier alpha value is -0.620. The van der Waals surface area contributed by atoms with Gasteiger partial charge in [-0.15, -0.1) is 0 Å². The van der Waals surface area contributed by atoms with Gasteiger partial charge in [-0.2, -0.15) is 0 Å². The molecule has 4 rings (SSSR count). The van der Waals surface area contributed by atoms with Crippen LogP contribution in [-0.2, 0) is 0 Å². The number of thioether (sulfide) groups is 2. The summed E-state index contributed by atoms with van der Waals surface area (Å²) >= 11 is 26.7. The van der Waals surface area contributed by atoms with E-state index in [1.165, 1.54) is 0 Å². The second-order valence-corrected chi connectivity index (χ2v) is 8.61. The zero-order chi connectivity index (χ0) is 17.2. The Labute approximate surface area is 165 Å². The molecule has 0 saturated carbocycles. The van der Waals surface area contributed by atoms with E-state index in [2.05, 4.69) is 0 Å². The third kappa shape index (κ3) is 2.36. The fourth-order valence-electron chi connectivity index (χ4n) is 2.46. The summed E-state index contributed by atoms with van der Waals surface area (Å²) in [6, 6.07) is 6.38. The number of carbonyl (C=O) groups is 2. The van der Waals surface area contributed by atoms with Gasteiger partial charge in [-0.05, 0) is 24.3 Å². The molecular formula is C16H4Cl4O2S2. The van der Waals surface area contributed by atoms with Crippen LogP contribution >= 0.6 is 69.9 Å². The highest BCUT2D eigenvalue weighted by Gasteiger charge is 2.38. The molecule has 0 N–H and O–H groups in total. The van der Waals surface area contributed by atoms with Gasteiger partial charge in [0.2, 0.25) is 11.6 Å². The van der Waals surface area contributed by atoms with Gasteiger partial charge >= 0.3 is 0 Å². The van der Waals surface area contributed by atoms with Gasteiger partial charge in [0.1, 0.15) is 0 Å². The summed E-state index contributed by atoms with van der Waals surface area (Å²) in [7, 11) is 0. The van der Waals surface area contributed by atoms with E-state index in [1.54, 1.807) is 24.3 Å². The molecule has 120 valence electrons. The van der Waals surface area contributed by atoms with Crippen LogP contribution in [0.25, 0.3) is 0 Å². The standard InChI is InChI=1S/C16H4Cl4O2S2/c17-7-3-1-5-11(21)15(23-13(5)9(7)19)16-12(22)6-2-4-8(18)10(20)14(6)24-16/h1-4H. The Morgan fingerprint density at radius 2 is 1.00 bits per heavy atom. The van der Waals surface area contributed by atoms with Crippen molar-refractivity contribution in [2.24, 2.45) is 0 Å². The summed E-state index contributed by atoms with van der Waals surface area (Å²) in [4.78, 5) is 27.2. The van der Waals surface area contributed by atoms with Crippen molar-refractivity contribution in [1.82, 2.24) is 0 Å². The summed E-state index contributed by atoms with van der Waals surface area (Å²) in [5, 5.41) is 1.37. The first kappa shape index (κ1) is 16.8. The maximum Gasteiger partial charge on any atom is 0.202 e. The third-order valence-corrected chi connectivity index (χ3v) is 8.02. The monoisotopic (exact) mass is 432 g/mol. The quantitative estimate of drug-likeness (QED) is 0.428. The number of ketones is 2. The maximum atomic E-state index is 12.7. The average molecular weight is 434 g/mol. The lowest BCUT2D eigenvalue weighted by Crippen LogP contribution is -2.01. The molecule has 2 nitrogen and oxygen atoms in total. The Balaban J connectivity index is 1.86. The zero-order valence-electron chi connectivity index (χ0n) is 11.5. The third-order valence-electron chi connectivity index (χ3n) is 3.62. The molecule has 0 bridgehead atoms. The molecule has 0 atom stereocenters. The highest BCUT2D eigenvalue weighted by molar-refractivity contribution is 8.08. The SMILES string of the molecule is O=C1C(=C2Sc3c(ccc(Cl)c3Cl)C2=O)Sc2c1ccc(Cl)c2Cl. The molecule has 0 amide bonds. The van der Waals surface area contributed by atoms with Crippen LogP contribution < -0.4 is 0 Å². The molecule has 8 heteroatoms. The van der Waals surface area contributed by atoms with Crippen LogP contribution in [0.5, 0.6) is 0 Å². The fourth-order valence-corrected chi connectivity index (χ4v) is 5.82. The molecule has 0 fully saturated rings. The van der Waals surface area contributed by atoms with Gasteiger partial charge < -0.3 is 0 Å². The van der Waals surface area contributed by atoms with E-state index in [4.69, 9.17) is 46.4 Å². The van der Waals surface area contributed by atoms with Crippen LogP contribution in [0.2, 0.25) is 20.1 Å². The summed E-state index contributed by atoms with van der Waals surface area (Å²) in [6.45, 7) is 0. The molecule has 0 aliphatic carbocycles.